The van der Waals surface area contributed by atoms with E-state index in [0.717, 1.165) is 4.90 Å². The molecule has 19 heavy (non-hydrogen) atoms. The Kier molecular flexibility index (Phi) is 3.28. The quantitative estimate of drug-likeness (QED) is 0.640. The fourth-order valence-electron chi connectivity index (χ4n) is 1.75. The average Bonchev–Trinajstić information content (AvgIpc) is 2.62. The van der Waals surface area contributed by atoms with Crippen molar-refractivity contribution in [1.82, 2.24) is 10.2 Å². The number of hydrogen-bond acceptors (Lipinski definition) is 5. The highest BCUT2D eigenvalue weighted by molar-refractivity contribution is 6.22. The first kappa shape index (κ1) is 12.7. The summed E-state index contributed by atoms with van der Waals surface area (Å²) in [5, 5.41) is 12.2. The lowest BCUT2D eigenvalue weighted by Crippen LogP contribution is -2.44. The van der Waals surface area contributed by atoms with Crippen LogP contribution in [-0.2, 0) is 9.59 Å². The number of imide groups is 1. The minimum Gasteiger partial charge on any atom is -0.548 e. The number of nitrogens with one attached hydrogen (secondary N) is 1. The van der Waals surface area contributed by atoms with Gasteiger partial charge in [0.2, 0.25) is 5.91 Å². The van der Waals surface area contributed by atoms with Crippen LogP contribution in [0.1, 0.15) is 20.7 Å². The lowest BCUT2D eigenvalue weighted by Gasteiger charge is -2.13. The number of carbonyl (C=O) groups excluding carboxylic acids is 4. The summed E-state index contributed by atoms with van der Waals surface area (Å²) < 4.78 is 0. The Morgan fingerprint density at radius 2 is 1.63 bits per heavy atom. The summed E-state index contributed by atoms with van der Waals surface area (Å²) in [5.74, 6) is -3.32. The van der Waals surface area contributed by atoms with Gasteiger partial charge in [-0.2, -0.15) is 0 Å². The van der Waals surface area contributed by atoms with E-state index in [1.54, 1.807) is 12.1 Å². The predicted octanol–water partition coefficient (Wildman–Crippen LogP) is -1.85. The summed E-state index contributed by atoms with van der Waals surface area (Å²) in [7, 11) is 0. The molecule has 0 saturated heterocycles. The van der Waals surface area contributed by atoms with Crippen LogP contribution in [0, 0.1) is 0 Å². The highest BCUT2D eigenvalue weighted by Crippen LogP contribution is 2.21. The molecule has 1 aliphatic heterocycles. The molecule has 2 rings (SSSR count). The molecule has 1 aromatic carbocycles. The van der Waals surface area contributed by atoms with E-state index >= 15 is 0 Å². The number of fused-ring (bicyclic) bond motifs is 1. The first-order chi connectivity index (χ1) is 9.00. The Hall–Kier alpha value is -2.70. The molecule has 1 aliphatic rings. The molecule has 0 unspecified atom stereocenters. The van der Waals surface area contributed by atoms with Gasteiger partial charge in [-0.1, -0.05) is 12.1 Å². The molecule has 3 amide bonds. The monoisotopic (exact) mass is 261 g/mol. The zero-order valence-electron chi connectivity index (χ0n) is 9.71. The van der Waals surface area contributed by atoms with Crippen LogP contribution >= 0.6 is 0 Å². The number of nitrogens with zero attached hydrogens (tertiary/aromatic N) is 1. The Balaban J connectivity index is 2.08. The molecule has 0 aliphatic carbocycles. The maximum atomic E-state index is 11.9. The van der Waals surface area contributed by atoms with Gasteiger partial charge >= 0.3 is 0 Å². The van der Waals surface area contributed by atoms with Crippen molar-refractivity contribution in [2.75, 3.05) is 13.1 Å². The summed E-state index contributed by atoms with van der Waals surface area (Å²) in [4.78, 5) is 46.1. The van der Waals surface area contributed by atoms with Crippen LogP contribution in [0.4, 0.5) is 0 Å². The van der Waals surface area contributed by atoms with E-state index in [-0.39, 0.29) is 11.1 Å². The molecule has 0 saturated carbocycles. The van der Waals surface area contributed by atoms with Crippen molar-refractivity contribution in [1.29, 1.82) is 0 Å². The predicted molar refractivity (Wildman–Crippen MR) is 59.8 cm³/mol. The number of carboxylic acids is 1. The minimum atomic E-state index is -1.45. The smallest absolute Gasteiger partial charge is 0.262 e. The molecule has 0 radical (unpaired) electrons. The van der Waals surface area contributed by atoms with Crippen molar-refractivity contribution >= 4 is 23.7 Å². The number of rotatable bonds is 4. The standard InChI is InChI=1S/C12H10N2O5/c15-9(13-5-10(16)17)6-14-11(18)7-3-1-2-4-8(7)12(14)19/h1-4H,5-6H2,(H,13,15)(H,16,17)/p-1. The number of aliphatic carboxylic acids is 1. The molecule has 1 heterocycles. The molecule has 98 valence electrons. The third-order valence-corrected chi connectivity index (χ3v) is 2.61. The van der Waals surface area contributed by atoms with E-state index in [1.807, 2.05) is 5.32 Å². The number of carboxylic acid groups (broad SMARTS) is 1. The fourth-order valence-corrected chi connectivity index (χ4v) is 1.75. The molecule has 1 N–H and O–H groups in total. The molecule has 0 aromatic heterocycles. The lowest BCUT2D eigenvalue weighted by molar-refractivity contribution is -0.304. The summed E-state index contributed by atoms with van der Waals surface area (Å²) in [5.41, 5.74) is 0.473. The Bertz CT molecular complexity index is 546. The second-order valence-corrected chi connectivity index (χ2v) is 3.89. The van der Waals surface area contributed by atoms with Crippen molar-refractivity contribution in [3.8, 4) is 0 Å². The first-order valence-corrected chi connectivity index (χ1v) is 5.42. The van der Waals surface area contributed by atoms with Crippen LogP contribution in [0.25, 0.3) is 0 Å². The highest BCUT2D eigenvalue weighted by Gasteiger charge is 2.36. The van der Waals surface area contributed by atoms with Gasteiger partial charge in [0, 0.05) is 0 Å². The molecule has 0 bridgehead atoms. The molecular weight excluding hydrogens is 252 g/mol. The number of carbonyl (C=O) groups is 4. The third kappa shape index (κ3) is 2.44. The van der Waals surface area contributed by atoms with E-state index in [9.17, 15) is 24.3 Å². The van der Waals surface area contributed by atoms with Crippen LogP contribution < -0.4 is 10.4 Å². The van der Waals surface area contributed by atoms with E-state index in [4.69, 9.17) is 0 Å². The first-order valence-electron chi connectivity index (χ1n) is 5.42. The van der Waals surface area contributed by atoms with Gasteiger partial charge in [0.15, 0.2) is 0 Å². The molecule has 7 nitrogen and oxygen atoms in total. The maximum absolute atomic E-state index is 11.9. The van der Waals surface area contributed by atoms with Crippen molar-refractivity contribution in [3.05, 3.63) is 35.4 Å². The van der Waals surface area contributed by atoms with Gasteiger partial charge in [-0.05, 0) is 12.1 Å². The average molecular weight is 261 g/mol. The van der Waals surface area contributed by atoms with Gasteiger partial charge in [-0.25, -0.2) is 0 Å². The van der Waals surface area contributed by atoms with E-state index in [1.165, 1.54) is 12.1 Å². The van der Waals surface area contributed by atoms with Gasteiger partial charge in [0.05, 0.1) is 23.6 Å². The van der Waals surface area contributed by atoms with Crippen LogP contribution in [-0.4, -0.2) is 41.7 Å². The van der Waals surface area contributed by atoms with Gasteiger partial charge in [-0.15, -0.1) is 0 Å². The zero-order valence-corrected chi connectivity index (χ0v) is 9.71. The lowest BCUT2D eigenvalue weighted by atomic mass is 10.1. The highest BCUT2D eigenvalue weighted by atomic mass is 16.4. The summed E-state index contributed by atoms with van der Waals surface area (Å²) in [6.07, 6.45) is 0. The largest absolute Gasteiger partial charge is 0.548 e. The number of amides is 3. The fraction of sp³-hybridized carbons (Fsp3) is 0.167. The van der Waals surface area contributed by atoms with Gasteiger partial charge in [0.25, 0.3) is 11.8 Å². The topological polar surface area (TPSA) is 107 Å². The minimum absolute atomic E-state index is 0.236. The molecule has 7 heteroatoms. The normalized spacial score (nSPS) is 13.4. The van der Waals surface area contributed by atoms with Crippen LogP contribution in [0.2, 0.25) is 0 Å². The Labute approximate surface area is 107 Å². The van der Waals surface area contributed by atoms with E-state index in [0.29, 0.717) is 0 Å². The van der Waals surface area contributed by atoms with Gasteiger partial charge in [-0.3, -0.25) is 19.3 Å². The molecule has 0 fully saturated rings. The van der Waals surface area contributed by atoms with Crippen LogP contribution in [0.3, 0.4) is 0 Å². The van der Waals surface area contributed by atoms with Crippen molar-refractivity contribution < 1.29 is 24.3 Å². The Morgan fingerprint density at radius 3 is 2.11 bits per heavy atom. The third-order valence-electron chi connectivity index (χ3n) is 2.61. The van der Waals surface area contributed by atoms with Gasteiger partial charge < -0.3 is 15.2 Å². The van der Waals surface area contributed by atoms with Crippen molar-refractivity contribution in [2.45, 2.75) is 0 Å². The molecule has 0 spiro atoms. The Morgan fingerprint density at radius 1 is 1.11 bits per heavy atom. The number of hydrogen-bond donors (Lipinski definition) is 1. The van der Waals surface area contributed by atoms with Crippen LogP contribution in [0.15, 0.2) is 24.3 Å². The SMILES string of the molecule is O=C([O-])CNC(=O)CN1C(=O)c2ccccc2C1=O. The second-order valence-electron chi connectivity index (χ2n) is 3.89. The number of benzene rings is 1. The van der Waals surface area contributed by atoms with E-state index < -0.39 is 36.8 Å². The second kappa shape index (κ2) is 4.89. The van der Waals surface area contributed by atoms with Crippen LogP contribution in [0.5, 0.6) is 0 Å². The summed E-state index contributed by atoms with van der Waals surface area (Å²) >= 11 is 0. The van der Waals surface area contributed by atoms with Crippen molar-refractivity contribution in [3.63, 3.8) is 0 Å². The summed E-state index contributed by atoms with van der Waals surface area (Å²) in [6.45, 7) is -1.18. The van der Waals surface area contributed by atoms with Crippen molar-refractivity contribution in [2.24, 2.45) is 0 Å². The van der Waals surface area contributed by atoms with Gasteiger partial charge in [0.1, 0.15) is 6.54 Å². The maximum Gasteiger partial charge on any atom is 0.262 e. The molecule has 0 atom stereocenters. The van der Waals surface area contributed by atoms with E-state index in [2.05, 4.69) is 0 Å². The molecular formula is C12H9N2O5-. The zero-order chi connectivity index (χ0) is 14.0. The summed E-state index contributed by atoms with van der Waals surface area (Å²) in [6, 6.07) is 6.22. The molecule has 1 aromatic rings.